The van der Waals surface area contributed by atoms with Gasteiger partial charge in [-0.05, 0) is 36.8 Å². The SMILES string of the molecule is CCOc1ccc(Nc2nnc(SCc3nc(Cc4ccccc4)no3)s2)cc1. The maximum Gasteiger partial charge on any atom is 0.237 e. The first kappa shape index (κ1) is 19.4. The largest absolute Gasteiger partial charge is 0.494 e. The molecule has 4 rings (SSSR count). The van der Waals surface area contributed by atoms with Gasteiger partial charge < -0.3 is 14.6 Å². The molecule has 0 saturated heterocycles. The number of nitrogens with one attached hydrogen (secondary N) is 1. The number of anilines is 2. The monoisotopic (exact) mass is 425 g/mol. The zero-order valence-corrected chi connectivity index (χ0v) is 17.4. The number of hydrogen-bond donors (Lipinski definition) is 1. The van der Waals surface area contributed by atoms with Crippen molar-refractivity contribution in [3.8, 4) is 5.75 Å². The van der Waals surface area contributed by atoms with Crippen molar-refractivity contribution in [2.24, 2.45) is 0 Å². The van der Waals surface area contributed by atoms with Crippen molar-refractivity contribution in [3.63, 3.8) is 0 Å². The first-order valence-electron chi connectivity index (χ1n) is 9.10. The smallest absolute Gasteiger partial charge is 0.237 e. The summed E-state index contributed by atoms with van der Waals surface area (Å²) in [5.74, 6) is 2.66. The van der Waals surface area contributed by atoms with E-state index in [2.05, 4.69) is 25.7 Å². The maximum atomic E-state index is 5.45. The van der Waals surface area contributed by atoms with Crippen LogP contribution in [0.25, 0.3) is 0 Å². The van der Waals surface area contributed by atoms with Crippen LogP contribution < -0.4 is 10.1 Å². The molecule has 0 aliphatic carbocycles. The van der Waals surface area contributed by atoms with Crippen molar-refractivity contribution < 1.29 is 9.26 Å². The van der Waals surface area contributed by atoms with Crippen LogP contribution in [0.5, 0.6) is 5.75 Å². The lowest BCUT2D eigenvalue weighted by Gasteiger charge is -2.04. The molecule has 0 spiro atoms. The van der Waals surface area contributed by atoms with Gasteiger partial charge in [0.1, 0.15) is 5.75 Å². The number of nitrogens with zero attached hydrogens (tertiary/aromatic N) is 4. The molecule has 0 radical (unpaired) electrons. The Hall–Kier alpha value is -2.91. The third kappa shape index (κ3) is 5.55. The van der Waals surface area contributed by atoms with E-state index in [-0.39, 0.29) is 0 Å². The lowest BCUT2D eigenvalue weighted by molar-refractivity contribution is 0.340. The van der Waals surface area contributed by atoms with Crippen molar-refractivity contribution in [1.82, 2.24) is 20.3 Å². The highest BCUT2D eigenvalue weighted by Gasteiger charge is 2.11. The predicted molar refractivity (Wildman–Crippen MR) is 114 cm³/mol. The number of ether oxygens (including phenoxy) is 1. The molecule has 4 aromatic rings. The van der Waals surface area contributed by atoms with Crippen molar-refractivity contribution in [3.05, 3.63) is 71.9 Å². The summed E-state index contributed by atoms with van der Waals surface area (Å²) >= 11 is 3.00. The highest BCUT2D eigenvalue weighted by Crippen LogP contribution is 2.30. The van der Waals surface area contributed by atoms with Gasteiger partial charge in [-0.15, -0.1) is 10.2 Å². The van der Waals surface area contributed by atoms with Gasteiger partial charge in [-0.2, -0.15) is 4.98 Å². The highest BCUT2D eigenvalue weighted by atomic mass is 32.2. The predicted octanol–water partition coefficient (Wildman–Crippen LogP) is 4.95. The van der Waals surface area contributed by atoms with E-state index in [0.717, 1.165) is 26.5 Å². The summed E-state index contributed by atoms with van der Waals surface area (Å²) in [6, 6.07) is 17.8. The Kier molecular flexibility index (Phi) is 6.38. The summed E-state index contributed by atoms with van der Waals surface area (Å²) in [5.41, 5.74) is 2.09. The molecule has 0 atom stereocenters. The lowest BCUT2D eigenvalue weighted by atomic mass is 10.1. The zero-order chi connectivity index (χ0) is 19.9. The van der Waals surface area contributed by atoms with Gasteiger partial charge >= 0.3 is 0 Å². The minimum absolute atomic E-state index is 0.555. The number of benzene rings is 2. The van der Waals surface area contributed by atoms with Crippen LogP contribution in [0, 0.1) is 0 Å². The van der Waals surface area contributed by atoms with Crippen molar-refractivity contribution in [2.45, 2.75) is 23.4 Å². The van der Waals surface area contributed by atoms with E-state index >= 15 is 0 Å². The summed E-state index contributed by atoms with van der Waals surface area (Å²) in [7, 11) is 0. The van der Waals surface area contributed by atoms with E-state index in [0.29, 0.717) is 30.5 Å². The molecule has 0 fully saturated rings. The van der Waals surface area contributed by atoms with Crippen LogP contribution in [0.4, 0.5) is 10.8 Å². The molecule has 0 amide bonds. The second kappa shape index (κ2) is 9.53. The average Bonchev–Trinajstić information content (AvgIpc) is 3.38. The van der Waals surface area contributed by atoms with Crippen LogP contribution in [0.2, 0.25) is 0 Å². The summed E-state index contributed by atoms with van der Waals surface area (Å²) < 4.78 is 11.6. The molecule has 148 valence electrons. The molecule has 9 heteroatoms. The second-order valence-corrected chi connectivity index (χ2v) is 8.21. The molecule has 0 aliphatic rings. The minimum atomic E-state index is 0.555. The summed E-state index contributed by atoms with van der Waals surface area (Å²) in [4.78, 5) is 4.45. The van der Waals surface area contributed by atoms with Gasteiger partial charge in [0.25, 0.3) is 0 Å². The average molecular weight is 426 g/mol. The molecule has 2 aromatic heterocycles. The molecule has 0 aliphatic heterocycles. The molecule has 29 heavy (non-hydrogen) atoms. The Morgan fingerprint density at radius 3 is 2.69 bits per heavy atom. The Morgan fingerprint density at radius 1 is 1.07 bits per heavy atom. The van der Waals surface area contributed by atoms with Crippen molar-refractivity contribution in [2.75, 3.05) is 11.9 Å². The van der Waals surface area contributed by atoms with Crippen LogP contribution in [0.3, 0.4) is 0 Å². The molecule has 0 unspecified atom stereocenters. The van der Waals surface area contributed by atoms with Crippen molar-refractivity contribution in [1.29, 1.82) is 0 Å². The number of rotatable bonds is 9. The van der Waals surface area contributed by atoms with E-state index in [4.69, 9.17) is 9.26 Å². The Morgan fingerprint density at radius 2 is 1.90 bits per heavy atom. The van der Waals surface area contributed by atoms with Gasteiger partial charge in [-0.3, -0.25) is 0 Å². The van der Waals surface area contributed by atoms with E-state index in [9.17, 15) is 0 Å². The molecule has 2 heterocycles. The standard InChI is InChI=1S/C20H19N5O2S2/c1-2-26-16-10-8-15(9-11-16)21-19-23-24-20(29-19)28-13-18-22-17(25-27-18)12-14-6-4-3-5-7-14/h3-11H,2,12-13H2,1H3,(H,21,23). The van der Waals surface area contributed by atoms with Crippen LogP contribution in [0.1, 0.15) is 24.2 Å². The fourth-order valence-electron chi connectivity index (χ4n) is 2.57. The van der Waals surface area contributed by atoms with Gasteiger partial charge in [0.05, 0.1) is 12.4 Å². The van der Waals surface area contributed by atoms with E-state index in [1.807, 2.05) is 61.5 Å². The third-order valence-electron chi connectivity index (χ3n) is 3.86. The topological polar surface area (TPSA) is 86.0 Å². The van der Waals surface area contributed by atoms with Crippen LogP contribution >= 0.6 is 23.1 Å². The fraction of sp³-hybridized carbons (Fsp3) is 0.200. The quantitative estimate of drug-likeness (QED) is 0.377. The first-order valence-corrected chi connectivity index (χ1v) is 10.9. The fourth-order valence-corrected chi connectivity index (χ4v) is 4.18. The molecule has 1 N–H and O–H groups in total. The molecule has 0 bridgehead atoms. The molecule has 2 aromatic carbocycles. The molecular formula is C20H19N5O2S2. The molecular weight excluding hydrogens is 406 g/mol. The Balaban J connectivity index is 1.29. The highest BCUT2D eigenvalue weighted by molar-refractivity contribution is 8.00. The third-order valence-corrected chi connectivity index (χ3v) is 5.81. The van der Waals surface area contributed by atoms with E-state index < -0.39 is 0 Å². The van der Waals surface area contributed by atoms with Crippen LogP contribution in [0.15, 0.2) is 63.5 Å². The Labute approximate surface area is 176 Å². The first-order chi connectivity index (χ1) is 14.3. The molecule has 0 saturated carbocycles. The van der Waals surface area contributed by atoms with Gasteiger partial charge in [0.15, 0.2) is 10.2 Å². The number of thioether (sulfide) groups is 1. The summed E-state index contributed by atoms with van der Waals surface area (Å²) in [6.45, 7) is 2.61. The maximum absolute atomic E-state index is 5.45. The van der Waals surface area contributed by atoms with Crippen molar-refractivity contribution >= 4 is 33.9 Å². The van der Waals surface area contributed by atoms with Gasteiger partial charge in [-0.25, -0.2) is 0 Å². The number of hydrogen-bond acceptors (Lipinski definition) is 9. The van der Waals surface area contributed by atoms with Crippen LogP contribution in [-0.2, 0) is 12.2 Å². The summed E-state index contributed by atoms with van der Waals surface area (Å²) in [5, 5.41) is 16.4. The minimum Gasteiger partial charge on any atom is -0.494 e. The zero-order valence-electron chi connectivity index (χ0n) is 15.7. The number of aromatic nitrogens is 4. The lowest BCUT2D eigenvalue weighted by Crippen LogP contribution is -1.92. The van der Waals surface area contributed by atoms with Gasteiger partial charge in [-0.1, -0.05) is 58.6 Å². The van der Waals surface area contributed by atoms with Gasteiger partial charge in [0, 0.05) is 12.1 Å². The summed E-state index contributed by atoms with van der Waals surface area (Å²) in [6.07, 6.45) is 0.657. The second-order valence-electron chi connectivity index (χ2n) is 6.01. The van der Waals surface area contributed by atoms with Crippen LogP contribution in [-0.4, -0.2) is 26.9 Å². The van der Waals surface area contributed by atoms with E-state index in [1.165, 1.54) is 23.1 Å². The normalized spacial score (nSPS) is 10.8. The Bertz CT molecular complexity index is 1030. The van der Waals surface area contributed by atoms with E-state index in [1.54, 1.807) is 0 Å². The molecule has 7 nitrogen and oxygen atoms in total. The van der Waals surface area contributed by atoms with Gasteiger partial charge in [0.2, 0.25) is 11.0 Å².